The second-order valence-corrected chi connectivity index (χ2v) is 7.23. The van der Waals surface area contributed by atoms with Crippen molar-refractivity contribution >= 4 is 5.97 Å². The van der Waals surface area contributed by atoms with E-state index in [1.165, 1.54) is 11.1 Å². The fraction of sp³-hybridized carbons (Fsp3) is 0.240. The molecule has 0 aromatic heterocycles. The summed E-state index contributed by atoms with van der Waals surface area (Å²) in [6.07, 6.45) is 0. The summed E-state index contributed by atoms with van der Waals surface area (Å²) in [6.45, 7) is 4.63. The van der Waals surface area contributed by atoms with Gasteiger partial charge in [0.15, 0.2) is 0 Å². The second kappa shape index (κ2) is 9.34. The number of aliphatic carboxylic acids is 1. The predicted octanol–water partition coefficient (Wildman–Crippen LogP) is 5.71. The second-order valence-electron chi connectivity index (χ2n) is 7.23. The highest BCUT2D eigenvalue weighted by Crippen LogP contribution is 2.37. The Bertz CT molecular complexity index is 865. The Morgan fingerprint density at radius 1 is 0.786 bits per heavy atom. The van der Waals surface area contributed by atoms with Crippen molar-refractivity contribution in [2.24, 2.45) is 5.92 Å². The summed E-state index contributed by atoms with van der Waals surface area (Å²) < 4.78 is 0. The van der Waals surface area contributed by atoms with Crippen LogP contribution in [0.1, 0.15) is 42.6 Å². The number of carboxylic acids is 1. The lowest BCUT2D eigenvalue weighted by atomic mass is 9.90. The van der Waals surface area contributed by atoms with E-state index >= 15 is 0 Å². The molecule has 1 unspecified atom stereocenters. The lowest BCUT2D eigenvalue weighted by molar-refractivity contribution is -0.144. The van der Waals surface area contributed by atoms with Gasteiger partial charge in [-0.1, -0.05) is 97.9 Å². The monoisotopic (exact) mass is 373 g/mol. The van der Waals surface area contributed by atoms with Crippen molar-refractivity contribution in [2.75, 3.05) is 0 Å². The van der Waals surface area contributed by atoms with Crippen molar-refractivity contribution in [1.82, 2.24) is 4.90 Å². The standard InChI is InChI=1S/C25H27NO2/c1-19(25(27)28)24(23-16-10-5-11-17-23)26(18-21-12-6-3-7-13-21)20(2)22-14-8-4-9-15-22/h3-17,19-20,24H,18H2,1-2H3,(H,27,28)/t19-,20?,24+/m1/s1. The van der Waals surface area contributed by atoms with Crippen molar-refractivity contribution in [3.63, 3.8) is 0 Å². The van der Waals surface area contributed by atoms with Gasteiger partial charge >= 0.3 is 5.97 Å². The fourth-order valence-corrected chi connectivity index (χ4v) is 3.75. The zero-order valence-corrected chi connectivity index (χ0v) is 16.4. The Hall–Kier alpha value is -2.91. The van der Waals surface area contributed by atoms with Crippen LogP contribution in [0, 0.1) is 5.92 Å². The van der Waals surface area contributed by atoms with Crippen LogP contribution in [-0.2, 0) is 11.3 Å². The zero-order chi connectivity index (χ0) is 19.9. The first-order chi connectivity index (χ1) is 13.6. The van der Waals surface area contributed by atoms with Crippen LogP contribution in [0.2, 0.25) is 0 Å². The van der Waals surface area contributed by atoms with Gasteiger partial charge in [-0.05, 0) is 23.6 Å². The molecule has 144 valence electrons. The van der Waals surface area contributed by atoms with E-state index in [2.05, 4.69) is 36.1 Å². The lowest BCUT2D eigenvalue weighted by Gasteiger charge is -2.39. The van der Waals surface area contributed by atoms with Crippen LogP contribution < -0.4 is 0 Å². The highest BCUT2D eigenvalue weighted by atomic mass is 16.4. The van der Waals surface area contributed by atoms with Crippen LogP contribution in [-0.4, -0.2) is 16.0 Å². The minimum Gasteiger partial charge on any atom is -0.481 e. The van der Waals surface area contributed by atoms with Crippen molar-refractivity contribution in [2.45, 2.75) is 32.5 Å². The normalized spacial score (nSPS) is 14.4. The Balaban J connectivity index is 2.06. The van der Waals surface area contributed by atoms with Gasteiger partial charge in [0.25, 0.3) is 0 Å². The summed E-state index contributed by atoms with van der Waals surface area (Å²) in [5.41, 5.74) is 3.37. The molecule has 0 radical (unpaired) electrons. The van der Waals surface area contributed by atoms with Crippen LogP contribution in [0.25, 0.3) is 0 Å². The molecule has 1 N–H and O–H groups in total. The first-order valence-electron chi connectivity index (χ1n) is 9.70. The molecule has 3 aromatic rings. The molecule has 0 bridgehead atoms. The molecule has 3 heteroatoms. The first kappa shape index (κ1) is 19.8. The van der Waals surface area contributed by atoms with Gasteiger partial charge in [0.05, 0.1) is 5.92 Å². The number of hydrogen-bond donors (Lipinski definition) is 1. The number of benzene rings is 3. The first-order valence-corrected chi connectivity index (χ1v) is 9.70. The summed E-state index contributed by atoms with van der Waals surface area (Å²) in [4.78, 5) is 14.3. The molecule has 0 spiro atoms. The van der Waals surface area contributed by atoms with Gasteiger partial charge in [-0.25, -0.2) is 0 Å². The van der Waals surface area contributed by atoms with E-state index in [0.29, 0.717) is 6.54 Å². The average Bonchev–Trinajstić information content (AvgIpc) is 2.74. The molecular formula is C25H27NO2. The Morgan fingerprint density at radius 3 is 1.75 bits per heavy atom. The Labute approximate surface area is 167 Å². The highest BCUT2D eigenvalue weighted by Gasteiger charge is 2.33. The molecule has 0 heterocycles. The van der Waals surface area contributed by atoms with Crippen LogP contribution in [0.3, 0.4) is 0 Å². The van der Waals surface area contributed by atoms with E-state index in [4.69, 9.17) is 0 Å². The largest absolute Gasteiger partial charge is 0.481 e. The summed E-state index contributed by atoms with van der Waals surface area (Å²) in [6, 6.07) is 30.3. The maximum atomic E-state index is 12.0. The van der Waals surface area contributed by atoms with E-state index in [-0.39, 0.29) is 12.1 Å². The molecule has 3 aromatic carbocycles. The van der Waals surface area contributed by atoms with Gasteiger partial charge in [0.1, 0.15) is 0 Å². The van der Waals surface area contributed by atoms with Crippen LogP contribution >= 0.6 is 0 Å². The van der Waals surface area contributed by atoms with Crippen LogP contribution in [0.4, 0.5) is 0 Å². The third-order valence-electron chi connectivity index (χ3n) is 5.35. The van der Waals surface area contributed by atoms with Gasteiger partial charge in [-0.2, -0.15) is 0 Å². The Morgan fingerprint density at radius 2 is 1.25 bits per heavy atom. The number of rotatable bonds is 8. The smallest absolute Gasteiger partial charge is 0.308 e. The molecule has 0 aliphatic heterocycles. The van der Waals surface area contributed by atoms with Gasteiger partial charge in [0, 0.05) is 18.6 Å². The minimum atomic E-state index is -0.785. The third kappa shape index (κ3) is 4.68. The number of carboxylic acid groups (broad SMARTS) is 1. The number of hydrogen-bond acceptors (Lipinski definition) is 2. The molecule has 3 nitrogen and oxygen atoms in total. The van der Waals surface area contributed by atoms with Crippen molar-refractivity contribution < 1.29 is 9.90 Å². The number of carbonyl (C=O) groups is 1. The third-order valence-corrected chi connectivity index (χ3v) is 5.35. The summed E-state index contributed by atoms with van der Waals surface area (Å²) in [7, 11) is 0. The molecule has 0 saturated heterocycles. The molecule has 0 aliphatic carbocycles. The average molecular weight is 373 g/mol. The zero-order valence-electron chi connectivity index (χ0n) is 16.4. The van der Waals surface area contributed by atoms with E-state index in [1.54, 1.807) is 6.92 Å². The molecule has 0 saturated carbocycles. The topological polar surface area (TPSA) is 40.5 Å². The van der Waals surface area contributed by atoms with E-state index in [0.717, 1.165) is 5.56 Å². The van der Waals surface area contributed by atoms with Crippen LogP contribution in [0.5, 0.6) is 0 Å². The van der Waals surface area contributed by atoms with Crippen molar-refractivity contribution in [3.05, 3.63) is 108 Å². The SMILES string of the molecule is CC(c1ccccc1)N(Cc1ccccc1)[C@H](c1ccccc1)[C@@H](C)C(=O)O. The lowest BCUT2D eigenvalue weighted by Crippen LogP contribution is -2.37. The number of nitrogens with zero attached hydrogens (tertiary/aromatic N) is 1. The van der Waals surface area contributed by atoms with Gasteiger partial charge in [0.2, 0.25) is 0 Å². The Kier molecular flexibility index (Phi) is 6.62. The quantitative estimate of drug-likeness (QED) is 0.550. The molecular weight excluding hydrogens is 346 g/mol. The van der Waals surface area contributed by atoms with E-state index in [9.17, 15) is 9.90 Å². The van der Waals surface area contributed by atoms with Gasteiger partial charge in [-0.15, -0.1) is 0 Å². The molecule has 3 rings (SSSR count). The van der Waals surface area contributed by atoms with Crippen molar-refractivity contribution in [3.8, 4) is 0 Å². The maximum Gasteiger partial charge on any atom is 0.308 e. The predicted molar refractivity (Wildman–Crippen MR) is 113 cm³/mol. The van der Waals surface area contributed by atoms with Gasteiger partial charge in [-0.3, -0.25) is 9.69 Å². The van der Waals surface area contributed by atoms with E-state index < -0.39 is 11.9 Å². The van der Waals surface area contributed by atoms with Crippen LogP contribution in [0.15, 0.2) is 91.0 Å². The highest BCUT2D eigenvalue weighted by molar-refractivity contribution is 5.70. The maximum absolute atomic E-state index is 12.0. The molecule has 0 fully saturated rings. The van der Waals surface area contributed by atoms with Gasteiger partial charge < -0.3 is 5.11 Å². The summed E-state index contributed by atoms with van der Waals surface area (Å²) in [5, 5.41) is 9.85. The van der Waals surface area contributed by atoms with E-state index in [1.807, 2.05) is 66.7 Å². The molecule has 3 atom stereocenters. The summed E-state index contributed by atoms with van der Waals surface area (Å²) >= 11 is 0. The minimum absolute atomic E-state index is 0.0633. The fourth-order valence-electron chi connectivity index (χ4n) is 3.75. The molecule has 0 aliphatic rings. The molecule has 28 heavy (non-hydrogen) atoms. The summed E-state index contributed by atoms with van der Waals surface area (Å²) in [5.74, 6) is -1.33. The van der Waals surface area contributed by atoms with Crippen molar-refractivity contribution in [1.29, 1.82) is 0 Å². The molecule has 0 amide bonds.